The minimum atomic E-state index is -1.32. The largest absolute Gasteiger partial charge is 0.477 e. The molecule has 1 saturated heterocycles. The smallest absolute Gasteiger partial charge is 0.413 e. The molecule has 0 aromatic carbocycles. The maximum Gasteiger partial charge on any atom is 0.413 e. The molecule has 1 unspecified atom stereocenters. The molecule has 2 atom stereocenters. The molecule has 1 aromatic heterocycles. The fourth-order valence-electron chi connectivity index (χ4n) is 3.66. The molecule has 0 saturated carbocycles. The molecule has 14 heteroatoms. The third-order valence-corrected chi connectivity index (χ3v) is 7.22. The molecule has 0 aliphatic carbocycles. The lowest BCUT2D eigenvalue weighted by Crippen LogP contribution is -2.70. The van der Waals surface area contributed by atoms with Crippen LogP contribution in [0.5, 0.6) is 0 Å². The number of hydrogen-bond donors (Lipinski definition) is 3. The molecule has 38 heavy (non-hydrogen) atoms. The number of thioether (sulfide) groups is 1. The van der Waals surface area contributed by atoms with E-state index in [9.17, 15) is 29.1 Å². The van der Waals surface area contributed by atoms with E-state index >= 15 is 0 Å². The second-order valence-electron chi connectivity index (χ2n) is 9.89. The van der Waals surface area contributed by atoms with Crippen molar-refractivity contribution in [2.75, 3.05) is 17.7 Å². The predicted molar refractivity (Wildman–Crippen MR) is 141 cm³/mol. The first-order valence-corrected chi connectivity index (χ1v) is 13.6. The van der Waals surface area contributed by atoms with Gasteiger partial charge in [-0.3, -0.25) is 24.6 Å². The number of rotatable bonds is 8. The van der Waals surface area contributed by atoms with Gasteiger partial charge in [-0.15, -0.1) is 23.1 Å². The van der Waals surface area contributed by atoms with Crippen molar-refractivity contribution in [2.45, 2.75) is 58.6 Å². The number of aromatic nitrogens is 1. The van der Waals surface area contributed by atoms with Gasteiger partial charge >= 0.3 is 18.0 Å². The zero-order valence-electron chi connectivity index (χ0n) is 21.8. The number of anilines is 1. The minimum absolute atomic E-state index is 0.0391. The summed E-state index contributed by atoms with van der Waals surface area (Å²) in [4.78, 5) is 66.8. The van der Waals surface area contributed by atoms with Gasteiger partial charge in [0.05, 0.1) is 11.3 Å². The van der Waals surface area contributed by atoms with Crippen molar-refractivity contribution in [1.82, 2.24) is 15.2 Å². The summed E-state index contributed by atoms with van der Waals surface area (Å²) in [7, 11) is 0. The molecular formula is C24H30N4O8S2. The SMILES string of the molecule is CC(=O)OCC1=C(C(=O)O)N2C(=O)C(NC(=O)/C(=C\C(C)C)c3csc(NC(=O)OC(C)(C)C)n3)[C@H]2SC1. The number of allylic oxidation sites excluding steroid dienone is 1. The zero-order valence-corrected chi connectivity index (χ0v) is 23.4. The van der Waals surface area contributed by atoms with Gasteiger partial charge in [-0.2, -0.15) is 0 Å². The van der Waals surface area contributed by atoms with Crippen LogP contribution in [0.15, 0.2) is 22.7 Å². The van der Waals surface area contributed by atoms with Crippen LogP contribution >= 0.6 is 23.1 Å². The summed E-state index contributed by atoms with van der Waals surface area (Å²) in [5, 5.41) is 16.2. The molecule has 1 aromatic rings. The third-order valence-electron chi connectivity index (χ3n) is 5.12. The van der Waals surface area contributed by atoms with E-state index in [0.717, 1.165) is 16.2 Å². The van der Waals surface area contributed by atoms with Gasteiger partial charge in [0.25, 0.3) is 11.8 Å². The number of fused-ring (bicyclic) bond motifs is 1. The number of β-lactam (4-membered cyclic amide) rings is 1. The van der Waals surface area contributed by atoms with Gasteiger partial charge < -0.3 is 19.9 Å². The third kappa shape index (κ3) is 6.92. The van der Waals surface area contributed by atoms with Crippen LogP contribution in [0.25, 0.3) is 5.57 Å². The Hall–Kier alpha value is -3.39. The van der Waals surface area contributed by atoms with Gasteiger partial charge in [-0.1, -0.05) is 19.9 Å². The minimum Gasteiger partial charge on any atom is -0.477 e. The number of thiazole rings is 1. The maximum absolute atomic E-state index is 13.3. The van der Waals surface area contributed by atoms with Gasteiger partial charge in [0.2, 0.25) is 0 Å². The van der Waals surface area contributed by atoms with Crippen LogP contribution < -0.4 is 10.6 Å². The summed E-state index contributed by atoms with van der Waals surface area (Å²) in [6.45, 7) is 9.93. The fraction of sp³-hybridized carbons (Fsp3) is 0.500. The highest BCUT2D eigenvalue weighted by molar-refractivity contribution is 8.00. The highest BCUT2D eigenvalue weighted by Crippen LogP contribution is 2.40. The number of aliphatic carboxylic acids is 1. The lowest BCUT2D eigenvalue weighted by atomic mass is 10.0. The van der Waals surface area contributed by atoms with Crippen LogP contribution in [0.4, 0.5) is 9.93 Å². The zero-order chi connectivity index (χ0) is 28.4. The second kappa shape index (κ2) is 11.6. The van der Waals surface area contributed by atoms with Crippen LogP contribution in [0.2, 0.25) is 0 Å². The second-order valence-corrected chi connectivity index (χ2v) is 11.9. The van der Waals surface area contributed by atoms with Crippen LogP contribution in [-0.4, -0.2) is 74.2 Å². The average molecular weight is 567 g/mol. The number of esters is 1. The van der Waals surface area contributed by atoms with Crippen LogP contribution in [0.3, 0.4) is 0 Å². The van der Waals surface area contributed by atoms with Crippen LogP contribution in [-0.2, 0) is 28.7 Å². The Bertz CT molecular complexity index is 1210. The van der Waals surface area contributed by atoms with Gasteiger partial charge in [0.15, 0.2) is 5.13 Å². The van der Waals surface area contributed by atoms with Gasteiger partial charge in [-0.05, 0) is 26.7 Å². The van der Waals surface area contributed by atoms with Crippen molar-refractivity contribution >= 4 is 63.6 Å². The van der Waals surface area contributed by atoms with E-state index < -0.39 is 46.9 Å². The van der Waals surface area contributed by atoms with Crippen LogP contribution in [0, 0.1) is 5.92 Å². The summed E-state index contributed by atoms with van der Waals surface area (Å²) in [6.07, 6.45) is 1.01. The molecule has 1 fully saturated rings. The Balaban J connectivity index is 1.75. The van der Waals surface area contributed by atoms with E-state index in [1.165, 1.54) is 18.7 Å². The number of carboxylic acids is 1. The van der Waals surface area contributed by atoms with Crippen molar-refractivity contribution in [1.29, 1.82) is 0 Å². The number of carbonyl (C=O) groups is 5. The summed E-state index contributed by atoms with van der Waals surface area (Å²) < 4.78 is 10.2. The van der Waals surface area contributed by atoms with Gasteiger partial charge in [-0.25, -0.2) is 14.6 Å². The van der Waals surface area contributed by atoms with Gasteiger partial charge in [0.1, 0.15) is 29.3 Å². The molecule has 3 N–H and O–H groups in total. The Morgan fingerprint density at radius 3 is 2.55 bits per heavy atom. The molecule has 3 rings (SSSR count). The first-order chi connectivity index (χ1) is 17.7. The number of carboxylic acid groups (broad SMARTS) is 1. The molecular weight excluding hydrogens is 536 g/mol. The quantitative estimate of drug-likeness (QED) is 0.242. The Morgan fingerprint density at radius 1 is 1.29 bits per heavy atom. The van der Waals surface area contributed by atoms with Crippen molar-refractivity contribution in [3.63, 3.8) is 0 Å². The highest BCUT2D eigenvalue weighted by atomic mass is 32.2. The number of hydrogen-bond acceptors (Lipinski definition) is 10. The molecule has 3 amide bonds. The summed E-state index contributed by atoms with van der Waals surface area (Å²) in [5.74, 6) is -2.84. The van der Waals surface area contributed by atoms with Crippen LogP contribution in [0.1, 0.15) is 47.2 Å². The molecule has 3 heterocycles. The molecule has 0 spiro atoms. The lowest BCUT2D eigenvalue weighted by molar-refractivity contribution is -0.150. The lowest BCUT2D eigenvalue weighted by Gasteiger charge is -2.49. The molecule has 2 aliphatic heterocycles. The highest BCUT2D eigenvalue weighted by Gasteiger charge is 2.54. The van der Waals surface area contributed by atoms with Crippen molar-refractivity contribution < 1.29 is 38.6 Å². The number of amides is 3. The number of carbonyl (C=O) groups excluding carboxylic acids is 4. The monoisotopic (exact) mass is 566 g/mol. The van der Waals surface area contributed by atoms with E-state index in [2.05, 4.69) is 15.6 Å². The van der Waals surface area contributed by atoms with E-state index in [4.69, 9.17) is 9.47 Å². The Kier molecular flexibility index (Phi) is 8.87. The molecule has 2 aliphatic rings. The van der Waals surface area contributed by atoms with Crippen molar-refractivity contribution in [2.24, 2.45) is 5.92 Å². The topological polar surface area (TPSA) is 164 Å². The number of nitrogens with one attached hydrogen (secondary N) is 2. The van der Waals surface area contributed by atoms with Crippen molar-refractivity contribution in [3.05, 3.63) is 28.4 Å². The van der Waals surface area contributed by atoms with Crippen molar-refractivity contribution in [3.8, 4) is 0 Å². The standard InChI is InChI=1S/C24H30N4O8S2/c1-11(2)7-14(15-10-38-22(25-15)27-23(34)36-24(4,5)6)18(30)26-16-19(31)28-17(21(32)33)13(8-35-12(3)29)9-37-20(16)28/h7,10-11,16,20H,8-9H2,1-6H3,(H,26,30)(H,32,33)(H,25,27,34)/b14-7-/t16?,20-/m1/s1. The van der Waals surface area contributed by atoms with Gasteiger partial charge in [0, 0.05) is 23.6 Å². The number of ether oxygens (including phenoxy) is 2. The number of nitrogens with zero attached hydrogens (tertiary/aromatic N) is 2. The van der Waals surface area contributed by atoms with E-state index in [1.54, 1.807) is 32.2 Å². The summed E-state index contributed by atoms with van der Waals surface area (Å²) >= 11 is 2.38. The first-order valence-electron chi connectivity index (χ1n) is 11.7. The molecule has 0 bridgehead atoms. The molecule has 0 radical (unpaired) electrons. The molecule has 206 valence electrons. The average Bonchev–Trinajstić information content (AvgIpc) is 3.24. The Labute approximate surface area is 227 Å². The normalized spacial score (nSPS) is 19.5. The Morgan fingerprint density at radius 2 is 1.97 bits per heavy atom. The van der Waals surface area contributed by atoms with E-state index in [1.807, 2.05) is 13.8 Å². The predicted octanol–water partition coefficient (Wildman–Crippen LogP) is 2.83. The van der Waals surface area contributed by atoms with E-state index in [-0.39, 0.29) is 34.7 Å². The summed E-state index contributed by atoms with van der Waals surface area (Å²) in [5.41, 5.74) is -0.0999. The van der Waals surface area contributed by atoms with E-state index in [0.29, 0.717) is 11.3 Å². The summed E-state index contributed by atoms with van der Waals surface area (Å²) in [6, 6.07) is -0.953. The fourth-order valence-corrected chi connectivity index (χ4v) is 5.68. The molecule has 12 nitrogen and oxygen atoms in total. The first kappa shape index (κ1) is 29.2. The maximum atomic E-state index is 13.3.